The number of aromatic nitrogens is 1. The fraction of sp³-hybridized carbons (Fsp3) is 0.269. The minimum Gasteiger partial charge on any atom is -0.493 e. The van der Waals surface area contributed by atoms with Gasteiger partial charge in [-0.2, -0.15) is 0 Å². The number of pyridine rings is 1. The van der Waals surface area contributed by atoms with Gasteiger partial charge in [-0.05, 0) is 60.9 Å². The average Bonchev–Trinajstić information content (AvgIpc) is 2.88. The van der Waals surface area contributed by atoms with Crippen molar-refractivity contribution >= 4 is 17.5 Å². The van der Waals surface area contributed by atoms with E-state index in [1.165, 1.54) is 11.8 Å². The molecule has 4 rings (SSSR count). The number of ether oxygens (including phenoxy) is 2. The molecule has 1 aliphatic rings. The standard InChI is InChI=1S/C26H28N4O4/c1-4-30(29-13-11-18-14-23(33-2)24(34-3)15-20(18)17-29)26(32)21-9-5-6-10-22(21)28-25(31)19-8-7-12-27-16-19/h5-10,12,14-16H,4,11,13,17H2,1-3H3,(H,28,31). The van der Waals surface area contributed by atoms with Crippen molar-refractivity contribution in [3.8, 4) is 11.5 Å². The van der Waals surface area contributed by atoms with E-state index in [-0.39, 0.29) is 11.8 Å². The Labute approximate surface area is 199 Å². The first-order chi connectivity index (χ1) is 16.5. The monoisotopic (exact) mass is 460 g/mol. The number of fused-ring (bicyclic) bond motifs is 1. The van der Waals surface area contributed by atoms with Crippen molar-refractivity contribution in [1.82, 2.24) is 15.0 Å². The van der Waals surface area contributed by atoms with Crippen molar-refractivity contribution in [2.45, 2.75) is 19.9 Å². The van der Waals surface area contributed by atoms with Crippen LogP contribution in [0.4, 0.5) is 5.69 Å². The number of para-hydroxylation sites is 1. The summed E-state index contributed by atoms with van der Waals surface area (Å²) in [6.07, 6.45) is 3.88. The predicted molar refractivity (Wildman–Crippen MR) is 129 cm³/mol. The molecule has 0 radical (unpaired) electrons. The van der Waals surface area contributed by atoms with Gasteiger partial charge in [0.1, 0.15) is 0 Å². The van der Waals surface area contributed by atoms with Crippen LogP contribution in [0, 0.1) is 0 Å². The maximum atomic E-state index is 13.6. The van der Waals surface area contributed by atoms with Crippen molar-refractivity contribution in [3.63, 3.8) is 0 Å². The molecule has 176 valence electrons. The third-order valence-corrected chi connectivity index (χ3v) is 5.90. The van der Waals surface area contributed by atoms with Gasteiger partial charge >= 0.3 is 0 Å². The van der Waals surface area contributed by atoms with E-state index in [1.807, 2.05) is 24.1 Å². The molecule has 3 aromatic rings. The molecule has 0 saturated carbocycles. The normalized spacial score (nSPS) is 13.0. The number of hydrogen-bond donors (Lipinski definition) is 1. The number of anilines is 1. The molecule has 2 heterocycles. The van der Waals surface area contributed by atoms with Crippen molar-refractivity contribution in [3.05, 3.63) is 83.2 Å². The highest BCUT2D eigenvalue weighted by atomic mass is 16.5. The fourth-order valence-corrected chi connectivity index (χ4v) is 4.16. The van der Waals surface area contributed by atoms with Crippen LogP contribution in [0.1, 0.15) is 38.8 Å². The number of amides is 2. The molecule has 2 aromatic carbocycles. The molecule has 0 atom stereocenters. The van der Waals surface area contributed by atoms with Crippen LogP contribution in [0.2, 0.25) is 0 Å². The van der Waals surface area contributed by atoms with Gasteiger partial charge in [-0.25, -0.2) is 5.01 Å². The summed E-state index contributed by atoms with van der Waals surface area (Å²) in [7, 11) is 3.24. The van der Waals surface area contributed by atoms with Gasteiger partial charge in [-0.15, -0.1) is 0 Å². The number of nitrogens with one attached hydrogen (secondary N) is 1. The molecule has 1 aromatic heterocycles. The molecule has 0 saturated heterocycles. The molecule has 8 nitrogen and oxygen atoms in total. The van der Waals surface area contributed by atoms with Crippen molar-refractivity contribution < 1.29 is 19.1 Å². The van der Waals surface area contributed by atoms with Crippen LogP contribution < -0.4 is 14.8 Å². The Hall–Kier alpha value is -3.91. The molecule has 1 N–H and O–H groups in total. The van der Waals surface area contributed by atoms with Crippen LogP contribution in [0.15, 0.2) is 60.9 Å². The number of carbonyl (C=O) groups is 2. The van der Waals surface area contributed by atoms with E-state index in [0.717, 1.165) is 12.0 Å². The van der Waals surface area contributed by atoms with Crippen molar-refractivity contribution in [2.24, 2.45) is 0 Å². The summed E-state index contributed by atoms with van der Waals surface area (Å²) in [6, 6.07) is 14.4. The number of benzene rings is 2. The summed E-state index contributed by atoms with van der Waals surface area (Å²) in [5.74, 6) is 0.884. The van der Waals surface area contributed by atoms with E-state index < -0.39 is 0 Å². The largest absolute Gasteiger partial charge is 0.493 e. The van der Waals surface area contributed by atoms with Crippen molar-refractivity contribution in [1.29, 1.82) is 0 Å². The summed E-state index contributed by atoms with van der Waals surface area (Å²) in [4.78, 5) is 30.3. The van der Waals surface area contributed by atoms with E-state index in [1.54, 1.807) is 61.8 Å². The average molecular weight is 461 g/mol. The van der Waals surface area contributed by atoms with Gasteiger partial charge in [0.05, 0.1) is 31.0 Å². The topological polar surface area (TPSA) is 84.0 Å². The molecule has 8 heteroatoms. The molecule has 0 bridgehead atoms. The number of rotatable bonds is 7. The molecular formula is C26H28N4O4. The van der Waals surface area contributed by atoms with Crippen LogP contribution in [0.3, 0.4) is 0 Å². The second kappa shape index (κ2) is 10.4. The Morgan fingerprint density at radius 3 is 2.47 bits per heavy atom. The lowest BCUT2D eigenvalue weighted by Crippen LogP contribution is -2.48. The van der Waals surface area contributed by atoms with Gasteiger partial charge in [-0.1, -0.05) is 12.1 Å². The zero-order chi connectivity index (χ0) is 24.1. The predicted octanol–water partition coefficient (Wildman–Crippen LogP) is 3.79. The van der Waals surface area contributed by atoms with Gasteiger partial charge in [0.25, 0.3) is 11.8 Å². The first-order valence-electron chi connectivity index (χ1n) is 11.2. The lowest BCUT2D eigenvalue weighted by atomic mass is 9.99. The lowest BCUT2D eigenvalue weighted by molar-refractivity contribution is -0.0163. The summed E-state index contributed by atoms with van der Waals surface area (Å²) >= 11 is 0. The first-order valence-corrected chi connectivity index (χ1v) is 11.2. The summed E-state index contributed by atoms with van der Waals surface area (Å²) in [5, 5.41) is 6.63. The highest BCUT2D eigenvalue weighted by Gasteiger charge is 2.28. The van der Waals surface area contributed by atoms with E-state index >= 15 is 0 Å². The number of carbonyl (C=O) groups excluding carboxylic acids is 2. The fourth-order valence-electron chi connectivity index (χ4n) is 4.16. The van der Waals surface area contributed by atoms with Crippen LogP contribution in [-0.4, -0.2) is 54.1 Å². The molecule has 0 spiro atoms. The lowest BCUT2D eigenvalue weighted by Gasteiger charge is -2.38. The zero-order valence-electron chi connectivity index (χ0n) is 19.6. The molecule has 0 fully saturated rings. The molecular weight excluding hydrogens is 432 g/mol. The van der Waals surface area contributed by atoms with E-state index in [2.05, 4.69) is 10.3 Å². The van der Waals surface area contributed by atoms with Gasteiger partial charge in [0.2, 0.25) is 0 Å². The molecule has 1 aliphatic heterocycles. The zero-order valence-corrected chi connectivity index (χ0v) is 19.6. The van der Waals surface area contributed by atoms with Crippen LogP contribution in [0.5, 0.6) is 11.5 Å². The minimum absolute atomic E-state index is 0.173. The number of nitrogens with zero attached hydrogens (tertiary/aromatic N) is 3. The molecule has 34 heavy (non-hydrogen) atoms. The summed E-state index contributed by atoms with van der Waals surface area (Å²) in [6.45, 7) is 3.69. The quantitative estimate of drug-likeness (QED) is 0.578. The Bertz CT molecular complexity index is 1180. The first kappa shape index (κ1) is 23.3. The van der Waals surface area contributed by atoms with Crippen molar-refractivity contribution in [2.75, 3.05) is 32.6 Å². The van der Waals surface area contributed by atoms with Crippen LogP contribution in [0.25, 0.3) is 0 Å². The second-order valence-electron chi connectivity index (χ2n) is 7.88. The van der Waals surface area contributed by atoms with Gasteiger partial charge in [0, 0.05) is 32.0 Å². The highest BCUT2D eigenvalue weighted by molar-refractivity contribution is 6.08. The minimum atomic E-state index is -0.315. The number of methoxy groups -OCH3 is 2. The Balaban J connectivity index is 1.57. The molecule has 2 amide bonds. The second-order valence-corrected chi connectivity index (χ2v) is 7.88. The Morgan fingerprint density at radius 2 is 1.79 bits per heavy atom. The third-order valence-electron chi connectivity index (χ3n) is 5.90. The highest BCUT2D eigenvalue weighted by Crippen LogP contribution is 2.34. The van der Waals surface area contributed by atoms with E-state index in [0.29, 0.717) is 47.9 Å². The smallest absolute Gasteiger partial charge is 0.270 e. The Morgan fingerprint density at radius 1 is 1.06 bits per heavy atom. The maximum absolute atomic E-state index is 13.6. The van der Waals surface area contributed by atoms with Crippen LogP contribution >= 0.6 is 0 Å². The number of hydrazine groups is 1. The molecule has 0 aliphatic carbocycles. The van der Waals surface area contributed by atoms with Gasteiger partial charge in [0.15, 0.2) is 11.5 Å². The van der Waals surface area contributed by atoms with E-state index in [4.69, 9.17) is 9.47 Å². The van der Waals surface area contributed by atoms with Crippen LogP contribution in [-0.2, 0) is 13.0 Å². The maximum Gasteiger partial charge on any atom is 0.270 e. The summed E-state index contributed by atoms with van der Waals surface area (Å²) < 4.78 is 10.9. The summed E-state index contributed by atoms with van der Waals surface area (Å²) in [5.41, 5.74) is 3.59. The number of hydrogen-bond acceptors (Lipinski definition) is 6. The third kappa shape index (κ3) is 4.72. The molecule has 0 unspecified atom stereocenters. The SMILES string of the molecule is CCN(C(=O)c1ccccc1NC(=O)c1cccnc1)N1CCc2cc(OC)c(OC)cc2C1. The Kier molecular flexibility index (Phi) is 7.08. The van der Waals surface area contributed by atoms with Gasteiger partial charge in [-0.3, -0.25) is 19.6 Å². The van der Waals surface area contributed by atoms with Gasteiger partial charge < -0.3 is 14.8 Å². The van der Waals surface area contributed by atoms with E-state index in [9.17, 15) is 9.59 Å².